The van der Waals surface area contributed by atoms with E-state index in [0.29, 0.717) is 0 Å². The lowest BCUT2D eigenvalue weighted by Crippen LogP contribution is -2.18. The van der Waals surface area contributed by atoms with Crippen molar-refractivity contribution in [2.75, 3.05) is 13.2 Å². The number of rotatable bonds is 5. The van der Waals surface area contributed by atoms with Crippen molar-refractivity contribution in [1.29, 1.82) is 0 Å². The molecule has 1 aliphatic rings. The van der Waals surface area contributed by atoms with E-state index in [2.05, 4.69) is 33.7 Å². The first-order chi connectivity index (χ1) is 9.33. The second kappa shape index (κ2) is 5.40. The molecule has 1 aromatic heterocycles. The van der Waals surface area contributed by atoms with E-state index in [1.807, 2.05) is 11.6 Å². The van der Waals surface area contributed by atoms with Gasteiger partial charge in [0.05, 0.1) is 6.61 Å². The van der Waals surface area contributed by atoms with E-state index in [-0.39, 0.29) is 0 Å². The Bertz CT molecular complexity index is 564. The van der Waals surface area contributed by atoms with E-state index >= 15 is 0 Å². The highest BCUT2D eigenvalue weighted by Gasteiger charge is 2.11. The summed E-state index contributed by atoms with van der Waals surface area (Å²) in [6.45, 7) is 2.60. The Labute approximate surface area is 112 Å². The highest BCUT2D eigenvalue weighted by molar-refractivity contribution is 5.39. The summed E-state index contributed by atoms with van der Waals surface area (Å²) in [5, 5.41) is 11.4. The Morgan fingerprint density at radius 3 is 3.21 bits per heavy atom. The second-order valence-electron chi connectivity index (χ2n) is 4.83. The standard InChI is InChI=1S/C14H18N4O/c1-18-10-16-17-14(18)4-6-15-9-11-2-3-13-12(8-11)5-7-19-13/h2-3,8,10,15H,4-7,9H2,1H3. The third kappa shape index (κ3) is 2.76. The molecule has 0 amide bonds. The molecule has 0 fully saturated rings. The molecular weight excluding hydrogens is 240 g/mol. The van der Waals surface area contributed by atoms with Gasteiger partial charge in [-0.1, -0.05) is 12.1 Å². The summed E-state index contributed by atoms with van der Waals surface area (Å²) in [7, 11) is 1.97. The molecule has 5 heteroatoms. The van der Waals surface area contributed by atoms with Gasteiger partial charge in [-0.3, -0.25) is 0 Å². The zero-order chi connectivity index (χ0) is 13.1. The number of benzene rings is 1. The van der Waals surface area contributed by atoms with Crippen LogP contribution in [-0.2, 0) is 26.4 Å². The van der Waals surface area contributed by atoms with Crippen LogP contribution in [0.15, 0.2) is 24.5 Å². The molecule has 2 aromatic rings. The summed E-state index contributed by atoms with van der Waals surface area (Å²) >= 11 is 0. The van der Waals surface area contributed by atoms with Crippen LogP contribution in [0, 0.1) is 0 Å². The Morgan fingerprint density at radius 2 is 2.37 bits per heavy atom. The zero-order valence-corrected chi connectivity index (χ0v) is 11.1. The number of nitrogens with one attached hydrogen (secondary N) is 1. The summed E-state index contributed by atoms with van der Waals surface area (Å²) in [6.07, 6.45) is 3.66. The van der Waals surface area contributed by atoms with Gasteiger partial charge in [-0.15, -0.1) is 10.2 Å². The summed E-state index contributed by atoms with van der Waals surface area (Å²) < 4.78 is 7.46. The Hall–Kier alpha value is -1.88. The number of aromatic nitrogens is 3. The first-order valence-corrected chi connectivity index (χ1v) is 6.61. The fourth-order valence-corrected chi connectivity index (χ4v) is 2.32. The highest BCUT2D eigenvalue weighted by atomic mass is 16.5. The molecule has 5 nitrogen and oxygen atoms in total. The van der Waals surface area contributed by atoms with Crippen molar-refractivity contribution in [3.8, 4) is 5.75 Å². The highest BCUT2D eigenvalue weighted by Crippen LogP contribution is 2.25. The van der Waals surface area contributed by atoms with Gasteiger partial charge in [0.15, 0.2) is 0 Å². The molecule has 0 bridgehead atoms. The van der Waals surface area contributed by atoms with Gasteiger partial charge < -0.3 is 14.6 Å². The molecule has 2 heterocycles. The van der Waals surface area contributed by atoms with Crippen LogP contribution in [0.1, 0.15) is 17.0 Å². The lowest BCUT2D eigenvalue weighted by Gasteiger charge is -2.06. The summed E-state index contributed by atoms with van der Waals surface area (Å²) in [5.74, 6) is 2.05. The van der Waals surface area contributed by atoms with Crippen molar-refractivity contribution in [2.24, 2.45) is 7.05 Å². The van der Waals surface area contributed by atoms with E-state index in [9.17, 15) is 0 Å². The number of ether oxygens (including phenoxy) is 1. The average molecular weight is 258 g/mol. The molecule has 0 unspecified atom stereocenters. The largest absolute Gasteiger partial charge is 0.493 e. The van der Waals surface area contributed by atoms with Gasteiger partial charge in [-0.2, -0.15) is 0 Å². The molecule has 0 atom stereocenters. The predicted octanol–water partition coefficient (Wildman–Crippen LogP) is 1.08. The third-order valence-corrected chi connectivity index (χ3v) is 3.41. The molecule has 0 saturated carbocycles. The van der Waals surface area contributed by atoms with Gasteiger partial charge in [0.25, 0.3) is 0 Å². The molecule has 0 saturated heterocycles. The van der Waals surface area contributed by atoms with E-state index in [1.165, 1.54) is 11.1 Å². The maximum atomic E-state index is 5.50. The Kier molecular flexibility index (Phi) is 3.46. The predicted molar refractivity (Wildman–Crippen MR) is 72.1 cm³/mol. The van der Waals surface area contributed by atoms with Gasteiger partial charge in [-0.25, -0.2) is 0 Å². The minimum atomic E-state index is 0.818. The molecule has 0 radical (unpaired) electrons. The molecule has 3 rings (SSSR count). The van der Waals surface area contributed by atoms with Crippen LogP contribution < -0.4 is 10.1 Å². The van der Waals surface area contributed by atoms with Crippen molar-refractivity contribution < 1.29 is 4.74 Å². The van der Waals surface area contributed by atoms with Crippen molar-refractivity contribution in [2.45, 2.75) is 19.4 Å². The maximum absolute atomic E-state index is 5.50. The fourth-order valence-electron chi connectivity index (χ4n) is 2.32. The van der Waals surface area contributed by atoms with Crippen molar-refractivity contribution in [1.82, 2.24) is 20.1 Å². The van der Waals surface area contributed by atoms with Crippen LogP contribution in [0.25, 0.3) is 0 Å². The summed E-state index contributed by atoms with van der Waals surface area (Å²) in [5.41, 5.74) is 2.63. The number of aryl methyl sites for hydroxylation is 1. The Balaban J connectivity index is 1.49. The van der Waals surface area contributed by atoms with E-state index in [0.717, 1.165) is 44.1 Å². The lowest BCUT2D eigenvalue weighted by molar-refractivity contribution is 0.357. The molecular formula is C14H18N4O. The first kappa shape index (κ1) is 12.2. The normalized spacial score (nSPS) is 13.3. The summed E-state index contributed by atoms with van der Waals surface area (Å²) in [4.78, 5) is 0. The van der Waals surface area contributed by atoms with Gasteiger partial charge in [0.1, 0.15) is 17.9 Å². The van der Waals surface area contributed by atoms with Crippen LogP contribution in [0.4, 0.5) is 0 Å². The van der Waals surface area contributed by atoms with Crippen molar-refractivity contribution >= 4 is 0 Å². The molecule has 100 valence electrons. The van der Waals surface area contributed by atoms with E-state index in [1.54, 1.807) is 6.33 Å². The molecule has 1 aromatic carbocycles. The molecule has 1 N–H and O–H groups in total. The number of nitrogens with zero attached hydrogens (tertiary/aromatic N) is 3. The average Bonchev–Trinajstić information content (AvgIpc) is 3.03. The molecule has 1 aliphatic heterocycles. The molecule has 19 heavy (non-hydrogen) atoms. The minimum Gasteiger partial charge on any atom is -0.493 e. The number of fused-ring (bicyclic) bond motifs is 1. The van der Waals surface area contributed by atoms with E-state index in [4.69, 9.17) is 4.74 Å². The third-order valence-electron chi connectivity index (χ3n) is 3.41. The monoisotopic (exact) mass is 258 g/mol. The second-order valence-corrected chi connectivity index (χ2v) is 4.83. The number of hydrogen-bond acceptors (Lipinski definition) is 4. The maximum Gasteiger partial charge on any atom is 0.133 e. The van der Waals surface area contributed by atoms with E-state index < -0.39 is 0 Å². The quantitative estimate of drug-likeness (QED) is 0.815. The van der Waals surface area contributed by atoms with Crippen LogP contribution >= 0.6 is 0 Å². The summed E-state index contributed by atoms with van der Waals surface area (Å²) in [6, 6.07) is 6.43. The zero-order valence-electron chi connectivity index (χ0n) is 11.1. The topological polar surface area (TPSA) is 52.0 Å². The fraction of sp³-hybridized carbons (Fsp3) is 0.429. The number of hydrogen-bond donors (Lipinski definition) is 1. The van der Waals surface area contributed by atoms with Crippen LogP contribution in [0.2, 0.25) is 0 Å². The molecule has 0 spiro atoms. The van der Waals surface area contributed by atoms with Gasteiger partial charge in [0, 0.05) is 33.0 Å². The Morgan fingerprint density at radius 1 is 1.42 bits per heavy atom. The van der Waals surface area contributed by atoms with Crippen LogP contribution in [0.3, 0.4) is 0 Å². The smallest absolute Gasteiger partial charge is 0.133 e. The SMILES string of the molecule is Cn1cnnc1CCNCc1ccc2c(c1)CCO2. The van der Waals surface area contributed by atoms with Gasteiger partial charge in [-0.05, 0) is 17.2 Å². The van der Waals surface area contributed by atoms with Gasteiger partial charge in [0.2, 0.25) is 0 Å². The van der Waals surface area contributed by atoms with Crippen LogP contribution in [-0.4, -0.2) is 27.9 Å². The van der Waals surface area contributed by atoms with Crippen molar-refractivity contribution in [3.05, 3.63) is 41.5 Å². The van der Waals surface area contributed by atoms with Crippen LogP contribution in [0.5, 0.6) is 5.75 Å². The first-order valence-electron chi connectivity index (χ1n) is 6.61. The minimum absolute atomic E-state index is 0.818. The molecule has 0 aliphatic carbocycles. The lowest BCUT2D eigenvalue weighted by atomic mass is 10.1. The van der Waals surface area contributed by atoms with Crippen molar-refractivity contribution in [3.63, 3.8) is 0 Å². The van der Waals surface area contributed by atoms with Gasteiger partial charge >= 0.3 is 0 Å².